The van der Waals surface area contributed by atoms with E-state index in [9.17, 15) is 14.9 Å². The summed E-state index contributed by atoms with van der Waals surface area (Å²) in [5, 5.41) is 20.3. The van der Waals surface area contributed by atoms with Crippen molar-refractivity contribution in [2.24, 2.45) is 0 Å². The molecule has 1 heterocycles. The first kappa shape index (κ1) is 15.2. The van der Waals surface area contributed by atoms with Crippen LogP contribution in [0.15, 0.2) is 18.2 Å². The van der Waals surface area contributed by atoms with Crippen molar-refractivity contribution in [1.82, 2.24) is 10.6 Å². The minimum absolute atomic E-state index is 0.0654. The third kappa shape index (κ3) is 3.91. The van der Waals surface area contributed by atoms with Crippen LogP contribution in [0.3, 0.4) is 0 Å². The topological polar surface area (TPSA) is 96.3 Å². The first-order chi connectivity index (χ1) is 10.1. The van der Waals surface area contributed by atoms with Crippen molar-refractivity contribution in [3.05, 3.63) is 33.9 Å². The van der Waals surface area contributed by atoms with Gasteiger partial charge in [-0.05, 0) is 38.4 Å². The third-order valence-electron chi connectivity index (χ3n) is 3.45. The molecule has 1 aromatic rings. The van der Waals surface area contributed by atoms with Gasteiger partial charge in [0.25, 0.3) is 11.6 Å². The zero-order valence-corrected chi connectivity index (χ0v) is 12.0. The van der Waals surface area contributed by atoms with Crippen LogP contribution in [0.25, 0.3) is 0 Å². The summed E-state index contributed by atoms with van der Waals surface area (Å²) < 4.78 is 0. The lowest BCUT2D eigenvalue weighted by Gasteiger charge is -2.24. The number of nitrogens with one attached hydrogen (secondary N) is 3. The normalized spacial score (nSPS) is 18.0. The van der Waals surface area contributed by atoms with E-state index in [-0.39, 0.29) is 17.6 Å². The van der Waals surface area contributed by atoms with Gasteiger partial charge in [-0.1, -0.05) is 0 Å². The van der Waals surface area contributed by atoms with Crippen LogP contribution < -0.4 is 16.0 Å². The number of amides is 1. The molecule has 1 amide bonds. The average molecular weight is 292 g/mol. The van der Waals surface area contributed by atoms with Crippen LogP contribution in [0, 0.1) is 10.1 Å². The Kier molecular flexibility index (Phi) is 5.10. The van der Waals surface area contributed by atoms with E-state index in [2.05, 4.69) is 16.0 Å². The first-order valence-corrected chi connectivity index (χ1v) is 7.15. The standard InChI is InChI=1S/C14H20N4O3/c1-2-16-14(19)10-5-6-12(13(8-10)18(20)21)17-11-4-3-7-15-9-11/h5-6,8,11,15,17H,2-4,7,9H2,1H3,(H,16,19). The highest BCUT2D eigenvalue weighted by Gasteiger charge is 2.20. The molecule has 114 valence electrons. The SMILES string of the molecule is CCNC(=O)c1ccc(NC2CCCNC2)c([N+](=O)[O-])c1. The van der Waals surface area contributed by atoms with E-state index in [4.69, 9.17) is 0 Å². The Morgan fingerprint density at radius 3 is 2.95 bits per heavy atom. The van der Waals surface area contributed by atoms with E-state index in [0.717, 1.165) is 25.9 Å². The molecule has 1 unspecified atom stereocenters. The van der Waals surface area contributed by atoms with Crippen molar-refractivity contribution in [2.75, 3.05) is 25.0 Å². The van der Waals surface area contributed by atoms with E-state index < -0.39 is 4.92 Å². The lowest BCUT2D eigenvalue weighted by Crippen LogP contribution is -2.38. The Morgan fingerprint density at radius 1 is 1.52 bits per heavy atom. The van der Waals surface area contributed by atoms with Gasteiger partial charge in [0.2, 0.25) is 0 Å². The number of hydrogen-bond donors (Lipinski definition) is 3. The van der Waals surface area contributed by atoms with Gasteiger partial charge in [0.05, 0.1) is 4.92 Å². The van der Waals surface area contributed by atoms with Gasteiger partial charge >= 0.3 is 0 Å². The van der Waals surface area contributed by atoms with E-state index in [1.165, 1.54) is 6.07 Å². The number of nitrogens with zero attached hydrogens (tertiary/aromatic N) is 1. The molecule has 0 radical (unpaired) electrons. The van der Waals surface area contributed by atoms with Gasteiger partial charge in [-0.25, -0.2) is 0 Å². The second-order valence-corrected chi connectivity index (χ2v) is 5.04. The lowest BCUT2D eigenvalue weighted by molar-refractivity contribution is -0.384. The molecule has 1 atom stereocenters. The highest BCUT2D eigenvalue weighted by molar-refractivity contribution is 5.95. The van der Waals surface area contributed by atoms with Crippen LogP contribution in [0.5, 0.6) is 0 Å². The molecular weight excluding hydrogens is 272 g/mol. The number of carbonyl (C=O) groups excluding carboxylic acids is 1. The molecule has 7 nitrogen and oxygen atoms in total. The van der Waals surface area contributed by atoms with Gasteiger partial charge < -0.3 is 16.0 Å². The molecule has 21 heavy (non-hydrogen) atoms. The van der Waals surface area contributed by atoms with Gasteiger partial charge in [-0.15, -0.1) is 0 Å². The number of rotatable bonds is 5. The summed E-state index contributed by atoms with van der Waals surface area (Å²) in [5.41, 5.74) is 0.696. The van der Waals surface area contributed by atoms with E-state index in [1.807, 2.05) is 0 Å². The average Bonchev–Trinajstić information content (AvgIpc) is 2.48. The molecule has 0 saturated carbocycles. The number of nitro benzene ring substituents is 1. The zero-order chi connectivity index (χ0) is 15.2. The van der Waals surface area contributed by atoms with E-state index in [0.29, 0.717) is 17.8 Å². The molecule has 1 aromatic carbocycles. The smallest absolute Gasteiger partial charge is 0.293 e. The first-order valence-electron chi connectivity index (χ1n) is 7.15. The monoisotopic (exact) mass is 292 g/mol. The van der Waals surface area contributed by atoms with Crippen molar-refractivity contribution in [3.63, 3.8) is 0 Å². The molecule has 1 aliphatic heterocycles. The van der Waals surface area contributed by atoms with Crippen molar-refractivity contribution in [3.8, 4) is 0 Å². The Bertz CT molecular complexity index is 527. The highest BCUT2D eigenvalue weighted by Crippen LogP contribution is 2.27. The predicted octanol–water partition coefficient (Wildman–Crippen LogP) is 1.51. The quantitative estimate of drug-likeness (QED) is 0.564. The minimum Gasteiger partial charge on any atom is -0.375 e. The molecule has 0 aromatic heterocycles. The Hall–Kier alpha value is -2.15. The molecule has 7 heteroatoms. The van der Waals surface area contributed by atoms with Crippen LogP contribution in [0.4, 0.5) is 11.4 Å². The van der Waals surface area contributed by atoms with Gasteiger partial charge in [0.15, 0.2) is 0 Å². The maximum atomic E-state index is 11.8. The Balaban J connectivity index is 2.20. The van der Waals surface area contributed by atoms with Crippen LogP contribution in [-0.2, 0) is 0 Å². The maximum absolute atomic E-state index is 11.8. The maximum Gasteiger partial charge on any atom is 0.293 e. The van der Waals surface area contributed by atoms with Crippen molar-refractivity contribution >= 4 is 17.3 Å². The summed E-state index contributed by atoms with van der Waals surface area (Å²) in [5.74, 6) is -0.300. The third-order valence-corrected chi connectivity index (χ3v) is 3.45. The molecule has 1 fully saturated rings. The predicted molar refractivity (Wildman–Crippen MR) is 80.6 cm³/mol. The second kappa shape index (κ2) is 7.03. The van der Waals surface area contributed by atoms with Crippen LogP contribution in [0.1, 0.15) is 30.1 Å². The van der Waals surface area contributed by atoms with Gasteiger partial charge in [0, 0.05) is 30.8 Å². The van der Waals surface area contributed by atoms with Crippen molar-refractivity contribution < 1.29 is 9.72 Å². The zero-order valence-electron chi connectivity index (χ0n) is 12.0. The summed E-state index contributed by atoms with van der Waals surface area (Å²) in [6.07, 6.45) is 2.02. The number of piperidine rings is 1. The van der Waals surface area contributed by atoms with Crippen molar-refractivity contribution in [2.45, 2.75) is 25.8 Å². The molecular formula is C14H20N4O3. The largest absolute Gasteiger partial charge is 0.375 e. The molecule has 0 aliphatic carbocycles. The van der Waals surface area contributed by atoms with Crippen LogP contribution in [0.2, 0.25) is 0 Å². The summed E-state index contributed by atoms with van der Waals surface area (Å²) in [6, 6.07) is 4.71. The van der Waals surface area contributed by atoms with Gasteiger partial charge in [-0.2, -0.15) is 0 Å². The number of nitro groups is 1. The Morgan fingerprint density at radius 2 is 2.33 bits per heavy atom. The molecule has 0 spiro atoms. The summed E-state index contributed by atoms with van der Waals surface area (Å²) in [4.78, 5) is 22.5. The summed E-state index contributed by atoms with van der Waals surface area (Å²) in [6.45, 7) is 4.06. The fraction of sp³-hybridized carbons (Fsp3) is 0.500. The second-order valence-electron chi connectivity index (χ2n) is 5.04. The number of hydrogen-bond acceptors (Lipinski definition) is 5. The number of anilines is 1. The van der Waals surface area contributed by atoms with Crippen LogP contribution >= 0.6 is 0 Å². The molecule has 0 bridgehead atoms. The highest BCUT2D eigenvalue weighted by atomic mass is 16.6. The summed E-state index contributed by atoms with van der Waals surface area (Å²) in [7, 11) is 0. The van der Waals surface area contributed by atoms with Gasteiger partial charge in [-0.3, -0.25) is 14.9 Å². The lowest BCUT2D eigenvalue weighted by atomic mass is 10.1. The van der Waals surface area contributed by atoms with E-state index >= 15 is 0 Å². The van der Waals surface area contributed by atoms with Gasteiger partial charge in [0.1, 0.15) is 5.69 Å². The fourth-order valence-electron chi connectivity index (χ4n) is 2.40. The minimum atomic E-state index is -0.457. The Labute approximate surface area is 123 Å². The molecule has 3 N–H and O–H groups in total. The van der Waals surface area contributed by atoms with E-state index in [1.54, 1.807) is 19.1 Å². The molecule has 1 saturated heterocycles. The fourth-order valence-corrected chi connectivity index (χ4v) is 2.40. The molecule has 2 rings (SSSR count). The number of benzene rings is 1. The summed E-state index contributed by atoms with van der Waals surface area (Å²) >= 11 is 0. The molecule has 1 aliphatic rings. The van der Waals surface area contributed by atoms with Crippen molar-refractivity contribution in [1.29, 1.82) is 0 Å². The van der Waals surface area contributed by atoms with Crippen LogP contribution in [-0.4, -0.2) is 36.5 Å². The number of carbonyl (C=O) groups is 1.